The summed E-state index contributed by atoms with van der Waals surface area (Å²) in [6.45, 7) is 2.34. The van der Waals surface area contributed by atoms with Gasteiger partial charge in [0.1, 0.15) is 0 Å². The van der Waals surface area contributed by atoms with Gasteiger partial charge >= 0.3 is 0 Å². The van der Waals surface area contributed by atoms with Crippen molar-refractivity contribution in [1.82, 2.24) is 15.4 Å². The number of amides is 2. The maximum absolute atomic E-state index is 12.0. The minimum atomic E-state index is -3.45. The van der Waals surface area contributed by atoms with E-state index in [9.17, 15) is 18.0 Å². The predicted molar refractivity (Wildman–Crippen MR) is 108 cm³/mol. The number of hydrogen-bond acceptors (Lipinski definition) is 4. The van der Waals surface area contributed by atoms with Crippen LogP contribution in [-0.4, -0.2) is 39.9 Å². The minimum absolute atomic E-state index is 0.104. The summed E-state index contributed by atoms with van der Waals surface area (Å²) >= 11 is 0. The average Bonchev–Trinajstić information content (AvgIpc) is 2.66. The number of hydrogen-bond donors (Lipinski definition) is 3. The molecule has 0 unspecified atom stereocenters. The van der Waals surface area contributed by atoms with Crippen molar-refractivity contribution in [3.63, 3.8) is 0 Å². The zero-order chi connectivity index (χ0) is 20.4. The van der Waals surface area contributed by atoms with Crippen molar-refractivity contribution in [2.24, 2.45) is 0 Å². The van der Waals surface area contributed by atoms with E-state index in [1.165, 1.54) is 0 Å². The van der Waals surface area contributed by atoms with E-state index in [2.05, 4.69) is 15.4 Å². The number of nitrogens with one attached hydrogen (secondary N) is 3. The molecule has 0 spiro atoms. The van der Waals surface area contributed by atoms with Crippen molar-refractivity contribution in [3.8, 4) is 0 Å². The van der Waals surface area contributed by atoms with E-state index in [0.717, 1.165) is 5.56 Å². The Balaban J connectivity index is 1.62. The number of aryl methyl sites for hydroxylation is 1. The van der Waals surface area contributed by atoms with Crippen molar-refractivity contribution < 1.29 is 18.0 Å². The lowest BCUT2D eigenvalue weighted by molar-refractivity contribution is -0.120. The molecule has 0 aliphatic rings. The third-order valence-electron chi connectivity index (χ3n) is 4.00. The van der Waals surface area contributed by atoms with Crippen LogP contribution >= 0.6 is 0 Å². The van der Waals surface area contributed by atoms with Crippen LogP contribution in [0.2, 0.25) is 0 Å². The van der Waals surface area contributed by atoms with Gasteiger partial charge in [-0.05, 0) is 24.1 Å². The predicted octanol–water partition coefficient (Wildman–Crippen LogP) is 1.35. The van der Waals surface area contributed by atoms with Crippen LogP contribution in [0, 0.1) is 6.92 Å². The van der Waals surface area contributed by atoms with Crippen LogP contribution in [0.5, 0.6) is 0 Å². The highest BCUT2D eigenvalue weighted by Crippen LogP contribution is 2.06. The number of carbonyl (C=O) groups is 2. The number of benzene rings is 2. The highest BCUT2D eigenvalue weighted by molar-refractivity contribution is 7.88. The molecular weight excluding hydrogens is 378 g/mol. The largest absolute Gasteiger partial charge is 0.355 e. The van der Waals surface area contributed by atoms with Crippen molar-refractivity contribution in [2.75, 3.05) is 19.6 Å². The smallest absolute Gasteiger partial charge is 0.251 e. The summed E-state index contributed by atoms with van der Waals surface area (Å²) in [6, 6.07) is 16.1. The van der Waals surface area contributed by atoms with Gasteiger partial charge in [-0.25, -0.2) is 13.1 Å². The fourth-order valence-electron chi connectivity index (χ4n) is 2.55. The first-order chi connectivity index (χ1) is 13.4. The topological polar surface area (TPSA) is 104 Å². The number of carbonyl (C=O) groups excluding carboxylic acids is 2. The highest BCUT2D eigenvalue weighted by atomic mass is 32.2. The van der Waals surface area contributed by atoms with Crippen LogP contribution in [-0.2, 0) is 20.6 Å². The molecule has 150 valence electrons. The molecule has 0 radical (unpaired) electrons. The second-order valence-corrected chi connectivity index (χ2v) is 8.12. The molecule has 2 amide bonds. The maximum atomic E-state index is 12.0. The fraction of sp³-hybridized carbons (Fsp3) is 0.300. The molecule has 2 aromatic rings. The van der Waals surface area contributed by atoms with Crippen molar-refractivity contribution in [2.45, 2.75) is 19.1 Å². The lowest BCUT2D eigenvalue weighted by Gasteiger charge is -2.09. The molecule has 0 aliphatic heterocycles. The molecule has 2 rings (SSSR count). The van der Waals surface area contributed by atoms with Gasteiger partial charge in [0.05, 0.1) is 5.75 Å². The molecule has 2 aromatic carbocycles. The van der Waals surface area contributed by atoms with Gasteiger partial charge in [-0.2, -0.15) is 0 Å². The summed E-state index contributed by atoms with van der Waals surface area (Å²) in [4.78, 5) is 23.9. The van der Waals surface area contributed by atoms with E-state index in [1.807, 2.05) is 25.1 Å². The van der Waals surface area contributed by atoms with Gasteiger partial charge in [-0.15, -0.1) is 0 Å². The van der Waals surface area contributed by atoms with E-state index in [4.69, 9.17) is 0 Å². The van der Waals surface area contributed by atoms with Crippen LogP contribution in [0.25, 0.3) is 0 Å². The Labute approximate surface area is 165 Å². The highest BCUT2D eigenvalue weighted by Gasteiger charge is 2.11. The van der Waals surface area contributed by atoms with Crippen LogP contribution in [0.3, 0.4) is 0 Å². The molecule has 0 saturated heterocycles. The van der Waals surface area contributed by atoms with Gasteiger partial charge < -0.3 is 10.6 Å². The van der Waals surface area contributed by atoms with Crippen molar-refractivity contribution >= 4 is 21.8 Å². The molecule has 0 heterocycles. The van der Waals surface area contributed by atoms with Gasteiger partial charge in [0.2, 0.25) is 15.9 Å². The molecule has 0 fully saturated rings. The van der Waals surface area contributed by atoms with E-state index < -0.39 is 10.0 Å². The summed E-state index contributed by atoms with van der Waals surface area (Å²) in [7, 11) is -3.45. The molecule has 7 nitrogen and oxygen atoms in total. The van der Waals surface area contributed by atoms with Crippen molar-refractivity contribution in [1.29, 1.82) is 0 Å². The Morgan fingerprint density at radius 2 is 1.54 bits per heavy atom. The Hall–Kier alpha value is -2.71. The van der Waals surface area contributed by atoms with Crippen LogP contribution in [0.1, 0.15) is 27.9 Å². The molecule has 0 aromatic heterocycles. The lowest BCUT2D eigenvalue weighted by Crippen LogP contribution is -2.36. The Morgan fingerprint density at radius 1 is 0.857 bits per heavy atom. The van der Waals surface area contributed by atoms with Crippen LogP contribution in [0.15, 0.2) is 54.6 Å². The first-order valence-electron chi connectivity index (χ1n) is 8.99. The third kappa shape index (κ3) is 7.50. The Bertz CT molecular complexity index is 899. The summed E-state index contributed by atoms with van der Waals surface area (Å²) in [5.74, 6) is -0.584. The quantitative estimate of drug-likeness (QED) is 0.521. The molecule has 0 aliphatic carbocycles. The van der Waals surface area contributed by atoms with E-state index in [1.54, 1.807) is 36.4 Å². The monoisotopic (exact) mass is 403 g/mol. The zero-order valence-corrected chi connectivity index (χ0v) is 16.6. The molecule has 3 N–H and O–H groups in total. The number of rotatable bonds is 10. The molecule has 8 heteroatoms. The van der Waals surface area contributed by atoms with Gasteiger partial charge in [-0.1, -0.05) is 48.5 Å². The van der Waals surface area contributed by atoms with Crippen LogP contribution in [0.4, 0.5) is 0 Å². The summed E-state index contributed by atoms with van der Waals surface area (Å²) in [5.41, 5.74) is 2.14. The van der Waals surface area contributed by atoms with E-state index in [-0.39, 0.29) is 43.6 Å². The Kier molecular flexibility index (Phi) is 8.16. The second-order valence-electron chi connectivity index (χ2n) is 6.31. The standard InChI is InChI=1S/C20H25N3O4S/c1-16-7-5-6-10-18(16)20(25)22-12-11-19(24)21-13-14-23-28(26,27)15-17-8-3-2-4-9-17/h2-10,23H,11-15H2,1H3,(H,21,24)(H,22,25). The first-order valence-corrected chi connectivity index (χ1v) is 10.6. The maximum Gasteiger partial charge on any atom is 0.251 e. The number of sulfonamides is 1. The normalized spacial score (nSPS) is 11.0. The first kappa shape index (κ1) is 21.6. The molecule has 0 atom stereocenters. The van der Waals surface area contributed by atoms with Gasteiger partial charge in [0, 0.05) is 31.6 Å². The van der Waals surface area contributed by atoms with Gasteiger partial charge in [0.25, 0.3) is 5.91 Å². The molecular formula is C20H25N3O4S. The molecule has 28 heavy (non-hydrogen) atoms. The summed E-state index contributed by atoms with van der Waals surface area (Å²) < 4.78 is 26.4. The lowest BCUT2D eigenvalue weighted by atomic mass is 10.1. The van der Waals surface area contributed by atoms with E-state index in [0.29, 0.717) is 11.1 Å². The second kappa shape index (κ2) is 10.6. The average molecular weight is 404 g/mol. The SMILES string of the molecule is Cc1ccccc1C(=O)NCCC(=O)NCCNS(=O)(=O)Cc1ccccc1. The Morgan fingerprint density at radius 3 is 2.25 bits per heavy atom. The van der Waals surface area contributed by atoms with Crippen molar-refractivity contribution in [3.05, 3.63) is 71.3 Å². The van der Waals surface area contributed by atoms with Gasteiger partial charge in [0.15, 0.2) is 0 Å². The summed E-state index contributed by atoms with van der Waals surface area (Å²) in [5, 5.41) is 5.33. The van der Waals surface area contributed by atoms with Crippen LogP contribution < -0.4 is 15.4 Å². The fourth-order valence-corrected chi connectivity index (χ4v) is 3.70. The third-order valence-corrected chi connectivity index (χ3v) is 5.35. The van der Waals surface area contributed by atoms with E-state index >= 15 is 0 Å². The summed E-state index contributed by atoms with van der Waals surface area (Å²) in [6.07, 6.45) is 0.119. The minimum Gasteiger partial charge on any atom is -0.355 e. The molecule has 0 saturated carbocycles. The zero-order valence-electron chi connectivity index (χ0n) is 15.8. The van der Waals surface area contributed by atoms with Gasteiger partial charge in [-0.3, -0.25) is 9.59 Å². The molecule has 0 bridgehead atoms.